The number of rotatable bonds is 0. The van der Waals surface area contributed by atoms with Crippen LogP contribution in [0.3, 0.4) is 0 Å². The van der Waals surface area contributed by atoms with Gasteiger partial charge in [-0.3, -0.25) is 9.51 Å². The molecule has 0 bridgehead atoms. The molecule has 0 saturated heterocycles. The summed E-state index contributed by atoms with van der Waals surface area (Å²) in [4.78, 5) is 15.5. The van der Waals surface area contributed by atoms with Gasteiger partial charge in [0.25, 0.3) is 0 Å². The van der Waals surface area contributed by atoms with Crippen LogP contribution in [-0.2, 0) is 0 Å². The highest BCUT2D eigenvalue weighted by Gasteiger charge is 2.07. The van der Waals surface area contributed by atoms with Gasteiger partial charge in [-0.05, 0) is 18.2 Å². The number of halogens is 1. The number of hydrogen-bond acceptors (Lipinski definition) is 4. The fourth-order valence-corrected chi connectivity index (χ4v) is 1.64. The zero-order valence-electron chi connectivity index (χ0n) is 7.35. The summed E-state index contributed by atoms with van der Waals surface area (Å²) in [5, 5.41) is 4.10. The molecule has 2 aromatic heterocycles. The van der Waals surface area contributed by atoms with Crippen LogP contribution in [0.4, 0.5) is 0 Å². The van der Waals surface area contributed by atoms with Crippen molar-refractivity contribution in [2.45, 2.75) is 0 Å². The standard InChI is InChI=1S/C9H4ClN3O2/c10-5-1-2-6-7(3-5)13-8(4-11-6)12-15-9(13)14/h1-4H. The summed E-state index contributed by atoms with van der Waals surface area (Å²) < 4.78 is 5.86. The van der Waals surface area contributed by atoms with Crippen LogP contribution in [0.25, 0.3) is 16.7 Å². The third-order valence-electron chi connectivity index (χ3n) is 2.13. The lowest BCUT2D eigenvalue weighted by atomic mass is 10.3. The molecule has 2 heterocycles. The Morgan fingerprint density at radius 2 is 2.27 bits per heavy atom. The fourth-order valence-electron chi connectivity index (χ4n) is 1.48. The lowest BCUT2D eigenvalue weighted by Gasteiger charge is -1.98. The van der Waals surface area contributed by atoms with Crippen molar-refractivity contribution in [3.63, 3.8) is 0 Å². The summed E-state index contributed by atoms with van der Waals surface area (Å²) in [6, 6.07) is 5.09. The van der Waals surface area contributed by atoms with E-state index in [-0.39, 0.29) is 0 Å². The van der Waals surface area contributed by atoms with Crippen LogP contribution in [-0.4, -0.2) is 14.5 Å². The zero-order valence-corrected chi connectivity index (χ0v) is 8.10. The molecule has 3 rings (SSSR count). The molecule has 15 heavy (non-hydrogen) atoms. The Bertz CT molecular complexity index is 716. The summed E-state index contributed by atoms with van der Waals surface area (Å²) in [5.41, 5.74) is 1.62. The molecule has 0 radical (unpaired) electrons. The molecule has 3 aromatic rings. The lowest BCUT2D eigenvalue weighted by Crippen LogP contribution is -2.06. The highest BCUT2D eigenvalue weighted by molar-refractivity contribution is 6.31. The lowest BCUT2D eigenvalue weighted by molar-refractivity contribution is 0.388. The van der Waals surface area contributed by atoms with Gasteiger partial charge in [-0.1, -0.05) is 16.8 Å². The molecule has 0 fully saturated rings. The molecule has 6 heteroatoms. The maximum atomic E-state index is 11.4. The second-order valence-corrected chi connectivity index (χ2v) is 3.47. The topological polar surface area (TPSA) is 60.4 Å². The van der Waals surface area contributed by atoms with Gasteiger partial charge in [0.1, 0.15) is 0 Å². The number of hydrogen-bond donors (Lipinski definition) is 0. The van der Waals surface area contributed by atoms with Gasteiger partial charge in [0.15, 0.2) is 0 Å². The van der Waals surface area contributed by atoms with Crippen molar-refractivity contribution in [1.82, 2.24) is 14.5 Å². The second kappa shape index (κ2) is 2.80. The smallest absolute Gasteiger partial charge is 0.295 e. The molecular formula is C9H4ClN3O2. The Morgan fingerprint density at radius 3 is 3.13 bits per heavy atom. The highest BCUT2D eigenvalue weighted by atomic mass is 35.5. The third-order valence-corrected chi connectivity index (χ3v) is 2.36. The van der Waals surface area contributed by atoms with Crippen LogP contribution >= 0.6 is 11.6 Å². The minimum Gasteiger partial charge on any atom is -0.295 e. The normalized spacial score (nSPS) is 11.3. The minimum absolute atomic E-state index is 0.370. The first-order chi connectivity index (χ1) is 7.25. The van der Waals surface area contributed by atoms with Crippen molar-refractivity contribution < 1.29 is 4.52 Å². The van der Waals surface area contributed by atoms with Gasteiger partial charge in [-0.15, -0.1) is 0 Å². The van der Waals surface area contributed by atoms with Crippen LogP contribution in [0.15, 0.2) is 33.7 Å². The van der Waals surface area contributed by atoms with Crippen LogP contribution in [0.2, 0.25) is 5.02 Å². The van der Waals surface area contributed by atoms with Gasteiger partial charge < -0.3 is 0 Å². The summed E-state index contributed by atoms with van der Waals surface area (Å²) >= 11 is 5.84. The van der Waals surface area contributed by atoms with Gasteiger partial charge in [-0.2, -0.15) is 0 Å². The van der Waals surface area contributed by atoms with E-state index in [0.717, 1.165) is 0 Å². The largest absolute Gasteiger partial charge is 0.446 e. The van der Waals surface area contributed by atoms with Gasteiger partial charge in [0, 0.05) is 5.02 Å². The Morgan fingerprint density at radius 1 is 1.40 bits per heavy atom. The molecule has 0 atom stereocenters. The third kappa shape index (κ3) is 1.13. The average molecular weight is 222 g/mol. The Balaban J connectivity index is 2.67. The van der Waals surface area contributed by atoms with E-state index in [9.17, 15) is 4.79 Å². The highest BCUT2D eigenvalue weighted by Crippen LogP contribution is 2.17. The van der Waals surface area contributed by atoms with Crippen molar-refractivity contribution in [2.24, 2.45) is 0 Å². The molecule has 5 nitrogen and oxygen atoms in total. The van der Waals surface area contributed by atoms with Crippen molar-refractivity contribution in [2.75, 3.05) is 0 Å². The van der Waals surface area contributed by atoms with E-state index in [1.54, 1.807) is 18.2 Å². The van der Waals surface area contributed by atoms with Crippen molar-refractivity contribution in [3.05, 3.63) is 40.0 Å². The van der Waals surface area contributed by atoms with Gasteiger partial charge in [0.05, 0.1) is 17.2 Å². The molecular weight excluding hydrogens is 218 g/mol. The molecule has 0 amide bonds. The van der Waals surface area contributed by atoms with Crippen LogP contribution in [0.1, 0.15) is 0 Å². The van der Waals surface area contributed by atoms with Crippen LogP contribution in [0.5, 0.6) is 0 Å². The molecule has 0 aliphatic heterocycles. The summed E-state index contributed by atoms with van der Waals surface area (Å²) in [7, 11) is 0. The maximum Gasteiger partial charge on any atom is 0.446 e. The SMILES string of the molecule is O=c1onc2cnc3ccc(Cl)cc3n12. The van der Waals surface area contributed by atoms with E-state index in [4.69, 9.17) is 11.6 Å². The molecule has 0 aliphatic carbocycles. The molecule has 0 saturated carbocycles. The van der Waals surface area contributed by atoms with E-state index in [1.165, 1.54) is 10.6 Å². The molecule has 1 aromatic carbocycles. The monoisotopic (exact) mass is 221 g/mol. The molecule has 0 unspecified atom stereocenters. The number of fused-ring (bicyclic) bond motifs is 3. The van der Waals surface area contributed by atoms with Crippen molar-refractivity contribution in [1.29, 1.82) is 0 Å². The van der Waals surface area contributed by atoms with E-state index in [0.29, 0.717) is 21.7 Å². The van der Waals surface area contributed by atoms with E-state index < -0.39 is 5.76 Å². The second-order valence-electron chi connectivity index (χ2n) is 3.03. The van der Waals surface area contributed by atoms with Crippen molar-refractivity contribution in [3.8, 4) is 0 Å². The summed E-state index contributed by atoms with van der Waals surface area (Å²) in [6.45, 7) is 0. The quantitative estimate of drug-likeness (QED) is 0.577. The van der Waals surface area contributed by atoms with E-state index >= 15 is 0 Å². The first-order valence-corrected chi connectivity index (χ1v) is 4.56. The number of nitrogens with zero attached hydrogens (tertiary/aromatic N) is 3. The van der Waals surface area contributed by atoms with Gasteiger partial charge in [0.2, 0.25) is 5.65 Å². The number of aromatic nitrogens is 3. The Labute approximate surface area is 87.9 Å². The zero-order chi connectivity index (χ0) is 10.4. The maximum absolute atomic E-state index is 11.4. The summed E-state index contributed by atoms with van der Waals surface area (Å²) in [6.07, 6.45) is 1.47. The van der Waals surface area contributed by atoms with E-state index in [1.807, 2.05) is 0 Å². The Kier molecular flexibility index (Phi) is 1.58. The number of benzene rings is 1. The predicted octanol–water partition coefficient (Wildman–Crippen LogP) is 1.49. The molecule has 0 spiro atoms. The van der Waals surface area contributed by atoms with Crippen LogP contribution < -0.4 is 5.76 Å². The Hall–Kier alpha value is -1.88. The van der Waals surface area contributed by atoms with Crippen LogP contribution in [0, 0.1) is 0 Å². The first-order valence-electron chi connectivity index (χ1n) is 4.18. The van der Waals surface area contributed by atoms with E-state index in [2.05, 4.69) is 14.7 Å². The van der Waals surface area contributed by atoms with Gasteiger partial charge >= 0.3 is 5.76 Å². The van der Waals surface area contributed by atoms with Gasteiger partial charge in [-0.25, -0.2) is 9.20 Å². The molecule has 0 N–H and O–H groups in total. The predicted molar refractivity (Wildman–Crippen MR) is 54.0 cm³/mol. The summed E-state index contributed by atoms with van der Waals surface area (Å²) in [5.74, 6) is -0.542. The van der Waals surface area contributed by atoms with Crippen molar-refractivity contribution >= 4 is 28.3 Å². The first kappa shape index (κ1) is 8.43. The average Bonchev–Trinajstić information content (AvgIpc) is 2.60. The minimum atomic E-state index is -0.542. The molecule has 0 aliphatic rings. The fraction of sp³-hybridized carbons (Fsp3) is 0. The molecule has 74 valence electrons.